The molecule has 0 spiro atoms. The van der Waals surface area contributed by atoms with Crippen molar-refractivity contribution in [2.24, 2.45) is 0 Å². The molecule has 0 saturated heterocycles. The molecule has 0 aromatic heterocycles. The summed E-state index contributed by atoms with van der Waals surface area (Å²) in [6.45, 7) is 2.03. The summed E-state index contributed by atoms with van der Waals surface area (Å²) in [5.41, 5.74) is 1.10. The number of sulfonamides is 1. The predicted molar refractivity (Wildman–Crippen MR) is 87.2 cm³/mol. The van der Waals surface area contributed by atoms with Gasteiger partial charge in [0.25, 0.3) is 0 Å². The smallest absolute Gasteiger partial charge is 0.241 e. The maximum absolute atomic E-state index is 12.2. The minimum Gasteiger partial charge on any atom is -0.313 e. The molecule has 0 atom stereocenters. The van der Waals surface area contributed by atoms with Crippen LogP contribution < -0.4 is 10.0 Å². The van der Waals surface area contributed by atoms with Gasteiger partial charge in [0, 0.05) is 22.6 Å². The van der Waals surface area contributed by atoms with Crippen molar-refractivity contribution in [2.75, 3.05) is 19.6 Å². The molecular formula is C12H15BrCl2N2O2S. The number of halogens is 3. The standard InChI is InChI=1S/C12H14BrClN2O2S.ClH/c13-11-7-10(14)1-2-12(11)19(17,18)16-8-9-3-5-15-6-4-9;/h1-3,7,15-16H,4-6,8H2;1H. The van der Waals surface area contributed by atoms with Gasteiger partial charge in [0.2, 0.25) is 10.0 Å². The van der Waals surface area contributed by atoms with E-state index in [1.807, 2.05) is 6.08 Å². The Bertz CT molecular complexity index is 605. The first-order valence-corrected chi connectivity index (χ1v) is 8.48. The molecule has 0 unspecified atom stereocenters. The molecule has 0 saturated carbocycles. The van der Waals surface area contributed by atoms with Crippen LogP contribution in [-0.2, 0) is 10.0 Å². The van der Waals surface area contributed by atoms with E-state index in [-0.39, 0.29) is 17.3 Å². The van der Waals surface area contributed by atoms with E-state index in [1.54, 1.807) is 12.1 Å². The third kappa shape index (κ3) is 4.72. The van der Waals surface area contributed by atoms with E-state index >= 15 is 0 Å². The van der Waals surface area contributed by atoms with E-state index in [4.69, 9.17) is 11.6 Å². The van der Waals surface area contributed by atoms with Gasteiger partial charge in [-0.15, -0.1) is 12.4 Å². The minimum absolute atomic E-state index is 0. The van der Waals surface area contributed by atoms with Gasteiger partial charge in [-0.3, -0.25) is 0 Å². The highest BCUT2D eigenvalue weighted by Crippen LogP contribution is 2.25. The van der Waals surface area contributed by atoms with E-state index in [2.05, 4.69) is 26.0 Å². The Labute approximate surface area is 138 Å². The number of nitrogens with one attached hydrogen (secondary N) is 2. The summed E-state index contributed by atoms with van der Waals surface area (Å²) in [5, 5.41) is 3.68. The Balaban J connectivity index is 0.00000200. The summed E-state index contributed by atoms with van der Waals surface area (Å²) in [5.74, 6) is 0. The molecule has 1 aliphatic heterocycles. The first-order chi connectivity index (χ1) is 8.99. The van der Waals surface area contributed by atoms with Gasteiger partial charge in [-0.25, -0.2) is 13.1 Å². The molecule has 1 aromatic rings. The van der Waals surface area contributed by atoms with Crippen LogP contribution >= 0.6 is 39.9 Å². The minimum atomic E-state index is -3.52. The SMILES string of the molecule is Cl.O=S(=O)(NCC1=CCNCC1)c1ccc(Cl)cc1Br. The third-order valence-corrected chi connectivity index (χ3v) is 5.44. The zero-order valence-corrected chi connectivity index (χ0v) is 14.5. The van der Waals surface area contributed by atoms with E-state index in [0.29, 0.717) is 16.0 Å². The normalized spacial score (nSPS) is 15.4. The lowest BCUT2D eigenvalue weighted by Gasteiger charge is -2.15. The van der Waals surface area contributed by atoms with Crippen molar-refractivity contribution < 1.29 is 8.42 Å². The Hall–Kier alpha value is -0.110. The topological polar surface area (TPSA) is 58.2 Å². The fourth-order valence-electron chi connectivity index (χ4n) is 1.79. The Kier molecular flexibility index (Phi) is 6.97. The van der Waals surface area contributed by atoms with E-state index < -0.39 is 10.0 Å². The van der Waals surface area contributed by atoms with Crippen molar-refractivity contribution in [1.82, 2.24) is 10.0 Å². The van der Waals surface area contributed by atoms with Gasteiger partial charge in [0.15, 0.2) is 0 Å². The van der Waals surface area contributed by atoms with Gasteiger partial charge in [-0.05, 0) is 47.1 Å². The molecule has 1 aromatic carbocycles. The van der Waals surface area contributed by atoms with Crippen LogP contribution in [0.2, 0.25) is 5.02 Å². The first kappa shape index (κ1) is 17.9. The molecule has 4 nitrogen and oxygen atoms in total. The second kappa shape index (κ2) is 7.77. The van der Waals surface area contributed by atoms with Gasteiger partial charge in [0.05, 0.1) is 4.90 Å². The second-order valence-corrected chi connectivity index (χ2v) is 7.24. The average Bonchev–Trinajstić information content (AvgIpc) is 2.37. The first-order valence-electron chi connectivity index (χ1n) is 5.82. The van der Waals surface area contributed by atoms with Gasteiger partial charge >= 0.3 is 0 Å². The summed E-state index contributed by atoms with van der Waals surface area (Å²) in [7, 11) is -3.52. The highest BCUT2D eigenvalue weighted by molar-refractivity contribution is 9.10. The molecule has 20 heavy (non-hydrogen) atoms. The fourth-order valence-corrected chi connectivity index (χ4v) is 4.20. The highest BCUT2D eigenvalue weighted by Gasteiger charge is 2.18. The third-order valence-electron chi connectivity index (χ3n) is 2.83. The fraction of sp³-hybridized carbons (Fsp3) is 0.333. The second-order valence-electron chi connectivity index (χ2n) is 4.22. The van der Waals surface area contributed by atoms with Crippen LogP contribution in [0.15, 0.2) is 39.2 Å². The molecule has 0 radical (unpaired) electrons. The number of hydrogen-bond donors (Lipinski definition) is 2. The zero-order chi connectivity index (χ0) is 13.9. The largest absolute Gasteiger partial charge is 0.313 e. The Morgan fingerprint density at radius 1 is 1.40 bits per heavy atom. The van der Waals surface area contributed by atoms with Crippen molar-refractivity contribution in [1.29, 1.82) is 0 Å². The molecule has 0 bridgehead atoms. The lowest BCUT2D eigenvalue weighted by Crippen LogP contribution is -2.29. The molecule has 1 heterocycles. The van der Waals surface area contributed by atoms with E-state index in [1.165, 1.54) is 6.07 Å². The van der Waals surface area contributed by atoms with Crippen LogP contribution in [0, 0.1) is 0 Å². The van der Waals surface area contributed by atoms with Crippen molar-refractivity contribution in [3.8, 4) is 0 Å². The van der Waals surface area contributed by atoms with Crippen molar-refractivity contribution in [3.63, 3.8) is 0 Å². The van der Waals surface area contributed by atoms with Crippen molar-refractivity contribution in [2.45, 2.75) is 11.3 Å². The van der Waals surface area contributed by atoms with Crippen LogP contribution in [0.4, 0.5) is 0 Å². The van der Waals surface area contributed by atoms with Crippen molar-refractivity contribution in [3.05, 3.63) is 39.3 Å². The molecule has 112 valence electrons. The Morgan fingerprint density at radius 3 is 2.75 bits per heavy atom. The lowest BCUT2D eigenvalue weighted by molar-refractivity contribution is 0.582. The molecule has 0 fully saturated rings. The van der Waals surface area contributed by atoms with E-state index in [0.717, 1.165) is 25.1 Å². The van der Waals surface area contributed by atoms with E-state index in [9.17, 15) is 8.42 Å². The highest BCUT2D eigenvalue weighted by atomic mass is 79.9. The molecule has 0 amide bonds. The zero-order valence-electron chi connectivity index (χ0n) is 10.5. The van der Waals surface area contributed by atoms with Crippen LogP contribution in [0.5, 0.6) is 0 Å². The average molecular weight is 402 g/mol. The summed E-state index contributed by atoms with van der Waals surface area (Å²) in [4.78, 5) is 0.200. The summed E-state index contributed by atoms with van der Waals surface area (Å²) >= 11 is 9.03. The van der Waals surface area contributed by atoms with Crippen LogP contribution in [-0.4, -0.2) is 28.1 Å². The lowest BCUT2D eigenvalue weighted by atomic mass is 10.1. The quantitative estimate of drug-likeness (QED) is 0.762. The molecule has 2 rings (SSSR count). The Morgan fingerprint density at radius 2 is 2.15 bits per heavy atom. The maximum Gasteiger partial charge on any atom is 0.241 e. The summed E-state index contributed by atoms with van der Waals surface area (Å²) in [6.07, 6.45) is 2.88. The van der Waals surface area contributed by atoms with Crippen LogP contribution in [0.3, 0.4) is 0 Å². The maximum atomic E-state index is 12.2. The summed E-state index contributed by atoms with van der Waals surface area (Å²) < 4.78 is 27.4. The van der Waals surface area contributed by atoms with Gasteiger partial charge in [-0.1, -0.05) is 23.3 Å². The molecular weight excluding hydrogens is 387 g/mol. The van der Waals surface area contributed by atoms with Crippen LogP contribution in [0.25, 0.3) is 0 Å². The number of hydrogen-bond acceptors (Lipinski definition) is 3. The van der Waals surface area contributed by atoms with Gasteiger partial charge in [0.1, 0.15) is 0 Å². The number of rotatable bonds is 4. The molecule has 2 N–H and O–H groups in total. The molecule has 8 heteroatoms. The van der Waals surface area contributed by atoms with Gasteiger partial charge < -0.3 is 5.32 Å². The molecule has 1 aliphatic rings. The summed E-state index contributed by atoms with van der Waals surface area (Å²) in [6, 6.07) is 4.62. The number of benzene rings is 1. The van der Waals surface area contributed by atoms with Crippen molar-refractivity contribution >= 4 is 50.0 Å². The van der Waals surface area contributed by atoms with Gasteiger partial charge in [-0.2, -0.15) is 0 Å². The molecule has 0 aliphatic carbocycles. The monoisotopic (exact) mass is 400 g/mol. The van der Waals surface area contributed by atoms with Crippen LogP contribution in [0.1, 0.15) is 6.42 Å². The predicted octanol–water partition coefficient (Wildman–Crippen LogP) is 2.72.